The number of aromatic nitrogens is 2. The van der Waals surface area contributed by atoms with E-state index < -0.39 is 15.8 Å². The van der Waals surface area contributed by atoms with Gasteiger partial charge in [0.05, 0.1) is 7.11 Å². The van der Waals surface area contributed by atoms with Gasteiger partial charge in [0, 0.05) is 6.26 Å². The van der Waals surface area contributed by atoms with E-state index in [1.807, 2.05) is 0 Å². The third kappa shape index (κ3) is 4.07. The number of carbonyl (C=O) groups is 1. The maximum absolute atomic E-state index is 10.9. The summed E-state index contributed by atoms with van der Waals surface area (Å²) in [6.45, 7) is 0. The lowest BCUT2D eigenvalue weighted by Crippen LogP contribution is -2.05. The van der Waals surface area contributed by atoms with Crippen LogP contribution < -0.4 is 0 Å². The standard InChI is InChI=1S/C7H10N2O5S/c1-13-7(10)3-6-8-5(9-14-6)4-15(2,11)12/h3-4H2,1-2H3. The van der Waals surface area contributed by atoms with Gasteiger partial charge in [-0.05, 0) is 0 Å². The second-order valence-electron chi connectivity index (χ2n) is 2.93. The van der Waals surface area contributed by atoms with Gasteiger partial charge in [-0.2, -0.15) is 4.98 Å². The molecule has 1 heterocycles. The molecule has 0 saturated carbocycles. The summed E-state index contributed by atoms with van der Waals surface area (Å²) in [5.41, 5.74) is 0. The summed E-state index contributed by atoms with van der Waals surface area (Å²) < 4.78 is 30.8. The molecule has 1 rings (SSSR count). The molecule has 0 aliphatic carbocycles. The fourth-order valence-electron chi connectivity index (χ4n) is 0.851. The van der Waals surface area contributed by atoms with Crippen LogP contribution in [0.4, 0.5) is 0 Å². The van der Waals surface area contributed by atoms with Gasteiger partial charge in [0.1, 0.15) is 12.2 Å². The maximum Gasteiger partial charge on any atom is 0.315 e. The molecule has 0 fully saturated rings. The molecule has 0 aliphatic rings. The Morgan fingerprint density at radius 1 is 1.53 bits per heavy atom. The van der Waals surface area contributed by atoms with E-state index in [4.69, 9.17) is 0 Å². The molecule has 7 nitrogen and oxygen atoms in total. The number of sulfone groups is 1. The van der Waals surface area contributed by atoms with Crippen LogP contribution in [0, 0.1) is 0 Å². The van der Waals surface area contributed by atoms with E-state index in [0.717, 1.165) is 6.26 Å². The summed E-state index contributed by atoms with van der Waals surface area (Å²) in [6, 6.07) is 0. The summed E-state index contributed by atoms with van der Waals surface area (Å²) in [6.07, 6.45) is 0.899. The number of rotatable bonds is 4. The molecule has 0 atom stereocenters. The van der Waals surface area contributed by atoms with E-state index in [2.05, 4.69) is 19.4 Å². The zero-order chi connectivity index (χ0) is 11.5. The van der Waals surface area contributed by atoms with Crippen LogP contribution in [0.3, 0.4) is 0 Å². The van der Waals surface area contributed by atoms with Crippen LogP contribution >= 0.6 is 0 Å². The van der Waals surface area contributed by atoms with Crippen LogP contribution in [0.5, 0.6) is 0 Å². The van der Waals surface area contributed by atoms with Crippen molar-refractivity contribution in [3.8, 4) is 0 Å². The smallest absolute Gasteiger partial charge is 0.315 e. The summed E-state index contributed by atoms with van der Waals surface area (Å²) in [7, 11) is -1.97. The lowest BCUT2D eigenvalue weighted by Gasteiger charge is -1.91. The summed E-state index contributed by atoms with van der Waals surface area (Å²) in [5.74, 6) is -0.751. The fourth-order valence-corrected chi connectivity index (χ4v) is 1.44. The predicted octanol–water partition coefficient (Wildman–Crippen LogP) is -0.670. The third-order valence-electron chi connectivity index (χ3n) is 1.42. The average molecular weight is 234 g/mol. The van der Waals surface area contributed by atoms with Crippen LogP contribution in [-0.2, 0) is 31.5 Å². The highest BCUT2D eigenvalue weighted by Gasteiger charge is 2.14. The van der Waals surface area contributed by atoms with Crippen molar-refractivity contribution in [3.05, 3.63) is 11.7 Å². The van der Waals surface area contributed by atoms with Gasteiger partial charge in [-0.15, -0.1) is 0 Å². The van der Waals surface area contributed by atoms with E-state index in [0.29, 0.717) is 0 Å². The zero-order valence-electron chi connectivity index (χ0n) is 8.26. The second kappa shape index (κ2) is 4.39. The molecule has 15 heavy (non-hydrogen) atoms. The molecule has 1 aromatic heterocycles. The molecule has 0 saturated heterocycles. The highest BCUT2D eigenvalue weighted by Crippen LogP contribution is 2.02. The lowest BCUT2D eigenvalue weighted by atomic mass is 10.4. The third-order valence-corrected chi connectivity index (χ3v) is 2.21. The number of ether oxygens (including phenoxy) is 1. The normalized spacial score (nSPS) is 11.3. The number of esters is 1. The van der Waals surface area contributed by atoms with Crippen molar-refractivity contribution in [1.82, 2.24) is 10.1 Å². The van der Waals surface area contributed by atoms with Crippen molar-refractivity contribution in [1.29, 1.82) is 0 Å². The molecule has 0 N–H and O–H groups in total. The van der Waals surface area contributed by atoms with Gasteiger partial charge >= 0.3 is 5.97 Å². The minimum Gasteiger partial charge on any atom is -0.469 e. The quantitative estimate of drug-likeness (QED) is 0.637. The van der Waals surface area contributed by atoms with Gasteiger partial charge < -0.3 is 9.26 Å². The first kappa shape index (κ1) is 11.6. The highest BCUT2D eigenvalue weighted by atomic mass is 32.2. The van der Waals surface area contributed by atoms with Crippen LogP contribution in [0.25, 0.3) is 0 Å². The number of carbonyl (C=O) groups excluding carboxylic acids is 1. The van der Waals surface area contributed by atoms with Gasteiger partial charge in [0.2, 0.25) is 5.89 Å². The molecule has 0 unspecified atom stereocenters. The van der Waals surface area contributed by atoms with Gasteiger partial charge in [-0.25, -0.2) is 8.42 Å². The molecule has 0 radical (unpaired) electrons. The van der Waals surface area contributed by atoms with Crippen molar-refractivity contribution in [2.45, 2.75) is 12.2 Å². The molecule has 0 aromatic carbocycles. The predicted molar refractivity (Wildman–Crippen MR) is 48.6 cm³/mol. The number of methoxy groups -OCH3 is 1. The molecule has 0 bridgehead atoms. The first-order valence-electron chi connectivity index (χ1n) is 3.96. The Labute approximate surface area is 86.3 Å². The monoisotopic (exact) mass is 234 g/mol. The molecule has 8 heteroatoms. The van der Waals surface area contributed by atoms with Crippen molar-refractivity contribution in [2.75, 3.05) is 13.4 Å². The van der Waals surface area contributed by atoms with Gasteiger partial charge in [0.25, 0.3) is 0 Å². The number of hydrogen-bond donors (Lipinski definition) is 0. The van der Waals surface area contributed by atoms with Crippen LogP contribution in [0.2, 0.25) is 0 Å². The molecular formula is C7H10N2O5S. The van der Waals surface area contributed by atoms with E-state index in [1.165, 1.54) is 7.11 Å². The first-order chi connectivity index (χ1) is 6.90. The SMILES string of the molecule is COC(=O)Cc1nc(CS(C)(=O)=O)no1. The van der Waals surface area contributed by atoms with Crippen molar-refractivity contribution < 1.29 is 22.5 Å². The first-order valence-corrected chi connectivity index (χ1v) is 6.03. The van der Waals surface area contributed by atoms with E-state index >= 15 is 0 Å². The number of nitrogens with zero attached hydrogens (tertiary/aromatic N) is 2. The Hall–Kier alpha value is -1.44. The maximum atomic E-state index is 10.9. The molecular weight excluding hydrogens is 224 g/mol. The highest BCUT2D eigenvalue weighted by molar-refractivity contribution is 7.89. The van der Waals surface area contributed by atoms with Gasteiger partial charge in [-0.1, -0.05) is 5.16 Å². The zero-order valence-corrected chi connectivity index (χ0v) is 9.07. The van der Waals surface area contributed by atoms with Crippen molar-refractivity contribution in [3.63, 3.8) is 0 Å². The minimum absolute atomic E-state index is 0.0383. The topological polar surface area (TPSA) is 99.4 Å². The Morgan fingerprint density at radius 3 is 2.73 bits per heavy atom. The Kier molecular flexibility index (Phi) is 3.40. The van der Waals surface area contributed by atoms with Crippen molar-refractivity contribution >= 4 is 15.8 Å². The Bertz CT molecular complexity index is 450. The van der Waals surface area contributed by atoms with Crippen LogP contribution in [0.1, 0.15) is 11.7 Å². The summed E-state index contributed by atoms with van der Waals surface area (Å²) in [4.78, 5) is 14.5. The largest absolute Gasteiger partial charge is 0.469 e. The molecule has 0 spiro atoms. The van der Waals surface area contributed by atoms with Crippen LogP contribution in [-0.4, -0.2) is 37.9 Å². The van der Waals surface area contributed by atoms with E-state index in [-0.39, 0.29) is 23.9 Å². The van der Waals surface area contributed by atoms with Gasteiger partial charge in [0.15, 0.2) is 15.7 Å². The minimum atomic E-state index is -3.20. The lowest BCUT2D eigenvalue weighted by molar-refractivity contribution is -0.140. The van der Waals surface area contributed by atoms with Crippen molar-refractivity contribution in [2.24, 2.45) is 0 Å². The van der Waals surface area contributed by atoms with Gasteiger partial charge in [-0.3, -0.25) is 4.79 Å². The second-order valence-corrected chi connectivity index (χ2v) is 5.07. The number of hydrogen-bond acceptors (Lipinski definition) is 7. The molecule has 0 aliphatic heterocycles. The average Bonchev–Trinajstić information content (AvgIpc) is 2.49. The molecule has 84 valence electrons. The Balaban J connectivity index is 2.69. The summed E-state index contributed by atoms with van der Waals surface area (Å²) in [5, 5.41) is 3.42. The molecule has 0 amide bonds. The van der Waals surface area contributed by atoms with E-state index in [1.54, 1.807) is 0 Å². The fraction of sp³-hybridized carbons (Fsp3) is 0.571. The van der Waals surface area contributed by atoms with Crippen LogP contribution in [0.15, 0.2) is 4.52 Å². The molecule has 1 aromatic rings. The van der Waals surface area contributed by atoms with E-state index in [9.17, 15) is 13.2 Å². The summed E-state index contributed by atoms with van der Waals surface area (Å²) >= 11 is 0. The Morgan fingerprint density at radius 2 is 2.20 bits per heavy atom.